The fourth-order valence-electron chi connectivity index (χ4n) is 4.43. The van der Waals surface area contributed by atoms with Gasteiger partial charge in [0.05, 0.1) is 23.8 Å². The Morgan fingerprint density at radius 2 is 1.63 bits per heavy atom. The van der Waals surface area contributed by atoms with Crippen LogP contribution in [0.25, 0.3) is 27.9 Å². The molecular weight excluding hydrogens is 402 g/mol. The number of benzene rings is 2. The number of rotatable bonds is 2. The fraction of sp³-hybridized carbons (Fsp3) is 0.318. The van der Waals surface area contributed by atoms with Crippen molar-refractivity contribution in [2.45, 2.75) is 18.6 Å². The number of ether oxygens (including phenoxy) is 2. The van der Waals surface area contributed by atoms with Gasteiger partial charge in [0.15, 0.2) is 17.3 Å². The molecule has 4 aromatic rings. The summed E-state index contributed by atoms with van der Waals surface area (Å²) < 4.78 is 13.8. The van der Waals surface area contributed by atoms with Crippen molar-refractivity contribution in [3.05, 3.63) is 53.6 Å². The topological polar surface area (TPSA) is 64.8 Å². The molecule has 0 radical (unpaired) electrons. The molecule has 2 aromatic heterocycles. The zero-order valence-electron chi connectivity index (χ0n) is 16.3. The van der Waals surface area contributed by atoms with Gasteiger partial charge in [0.25, 0.3) is 0 Å². The highest BCUT2D eigenvalue weighted by atomic mass is 35.5. The molecule has 0 unspecified atom stereocenters. The summed E-state index contributed by atoms with van der Waals surface area (Å²) >= 11 is 6.51. The van der Waals surface area contributed by atoms with Gasteiger partial charge in [-0.05, 0) is 24.3 Å². The largest absolute Gasteiger partial charge is 0.347 e. The Balaban J connectivity index is 1.53. The maximum Gasteiger partial charge on any atom is 0.213 e. The highest BCUT2D eigenvalue weighted by Gasteiger charge is 2.40. The molecule has 2 aromatic carbocycles. The van der Waals surface area contributed by atoms with Gasteiger partial charge < -0.3 is 14.4 Å². The van der Waals surface area contributed by atoms with Crippen molar-refractivity contribution in [3.63, 3.8) is 0 Å². The van der Waals surface area contributed by atoms with Gasteiger partial charge in [-0.25, -0.2) is 9.38 Å². The Labute approximate surface area is 178 Å². The summed E-state index contributed by atoms with van der Waals surface area (Å²) in [6.07, 6.45) is 1.60. The van der Waals surface area contributed by atoms with Crippen molar-refractivity contribution in [2.24, 2.45) is 0 Å². The Hall–Kier alpha value is -2.74. The van der Waals surface area contributed by atoms with E-state index in [1.54, 1.807) is 0 Å². The molecular formula is C22H20ClN5O2. The first kappa shape index (κ1) is 18.1. The van der Waals surface area contributed by atoms with Crippen LogP contribution in [0.15, 0.2) is 48.5 Å². The average Bonchev–Trinajstić information content (AvgIpc) is 3.42. The van der Waals surface area contributed by atoms with Crippen molar-refractivity contribution in [2.75, 3.05) is 31.2 Å². The van der Waals surface area contributed by atoms with E-state index in [2.05, 4.69) is 15.1 Å². The summed E-state index contributed by atoms with van der Waals surface area (Å²) in [5.74, 6) is 1.07. The number of fused-ring (bicyclic) bond motifs is 3. The molecule has 4 heterocycles. The van der Waals surface area contributed by atoms with E-state index in [0.29, 0.717) is 24.1 Å². The first-order chi connectivity index (χ1) is 14.7. The second kappa shape index (κ2) is 6.91. The predicted octanol–water partition coefficient (Wildman–Crippen LogP) is 3.94. The summed E-state index contributed by atoms with van der Waals surface area (Å²) in [7, 11) is 0. The summed E-state index contributed by atoms with van der Waals surface area (Å²) in [5.41, 5.74) is 2.51. The molecule has 8 heteroatoms. The van der Waals surface area contributed by atoms with Crippen molar-refractivity contribution < 1.29 is 9.47 Å². The molecule has 6 rings (SSSR count). The van der Waals surface area contributed by atoms with Crippen LogP contribution in [0.4, 0.5) is 5.95 Å². The van der Waals surface area contributed by atoms with E-state index in [9.17, 15) is 0 Å². The van der Waals surface area contributed by atoms with E-state index in [1.807, 2.05) is 52.9 Å². The zero-order chi connectivity index (χ0) is 20.1. The molecule has 0 bridgehead atoms. The van der Waals surface area contributed by atoms with Gasteiger partial charge in [0.1, 0.15) is 0 Å². The lowest BCUT2D eigenvalue weighted by atomic mass is 10.0. The van der Waals surface area contributed by atoms with Crippen LogP contribution in [0.5, 0.6) is 0 Å². The third kappa shape index (κ3) is 2.77. The van der Waals surface area contributed by atoms with E-state index in [4.69, 9.17) is 26.1 Å². The third-order valence-electron chi connectivity index (χ3n) is 5.96. The van der Waals surface area contributed by atoms with Crippen molar-refractivity contribution in [1.29, 1.82) is 0 Å². The molecule has 30 heavy (non-hydrogen) atoms. The van der Waals surface area contributed by atoms with Crippen LogP contribution in [0, 0.1) is 0 Å². The second-order valence-corrected chi connectivity index (χ2v) is 8.09. The summed E-state index contributed by atoms with van der Waals surface area (Å²) in [4.78, 5) is 7.28. The first-order valence-corrected chi connectivity index (χ1v) is 10.5. The Kier molecular flexibility index (Phi) is 4.16. The first-order valence-electron chi connectivity index (χ1n) is 10.2. The normalized spacial score (nSPS) is 18.6. The van der Waals surface area contributed by atoms with Gasteiger partial charge in [-0.2, -0.15) is 0 Å². The van der Waals surface area contributed by atoms with E-state index < -0.39 is 5.79 Å². The molecule has 0 amide bonds. The summed E-state index contributed by atoms with van der Waals surface area (Å²) in [6, 6.07) is 15.7. The Morgan fingerprint density at radius 3 is 2.43 bits per heavy atom. The molecule has 7 nitrogen and oxygen atoms in total. The van der Waals surface area contributed by atoms with Crippen LogP contribution in [-0.2, 0) is 9.47 Å². The monoisotopic (exact) mass is 421 g/mol. The number of hydrogen-bond donors (Lipinski definition) is 0. The highest BCUT2D eigenvalue weighted by molar-refractivity contribution is 6.33. The smallest absolute Gasteiger partial charge is 0.213 e. The lowest BCUT2D eigenvalue weighted by Crippen LogP contribution is -2.46. The van der Waals surface area contributed by atoms with Gasteiger partial charge in [-0.3, -0.25) is 0 Å². The molecule has 1 spiro atoms. The van der Waals surface area contributed by atoms with Crippen LogP contribution < -0.4 is 4.90 Å². The van der Waals surface area contributed by atoms with Gasteiger partial charge in [-0.1, -0.05) is 35.9 Å². The van der Waals surface area contributed by atoms with Crippen molar-refractivity contribution >= 4 is 34.1 Å². The third-order valence-corrected chi connectivity index (χ3v) is 6.29. The van der Waals surface area contributed by atoms with Gasteiger partial charge in [0, 0.05) is 36.9 Å². The van der Waals surface area contributed by atoms with Gasteiger partial charge in [0.2, 0.25) is 5.95 Å². The molecule has 0 saturated carbocycles. The SMILES string of the molecule is Clc1ccccc1-c1nnc2c3ccccc3nc(N3CCC4(CC3)OCCO4)n12. The molecule has 2 aliphatic rings. The summed E-state index contributed by atoms with van der Waals surface area (Å²) in [6.45, 7) is 2.89. The molecule has 2 fully saturated rings. The number of para-hydroxylation sites is 1. The summed E-state index contributed by atoms with van der Waals surface area (Å²) in [5, 5.41) is 10.6. The molecule has 152 valence electrons. The second-order valence-electron chi connectivity index (χ2n) is 7.69. The van der Waals surface area contributed by atoms with Crippen LogP contribution in [0.1, 0.15) is 12.8 Å². The standard InChI is InChI=1S/C22H20ClN5O2/c23-17-7-3-1-5-15(17)19-25-26-20-16-6-2-4-8-18(16)24-21(28(19)20)27-11-9-22(10-12-27)29-13-14-30-22/h1-8H,9-14H2. The average molecular weight is 422 g/mol. The van der Waals surface area contributed by atoms with Gasteiger partial charge >= 0.3 is 0 Å². The predicted molar refractivity (Wildman–Crippen MR) is 115 cm³/mol. The number of hydrogen-bond acceptors (Lipinski definition) is 6. The number of nitrogens with zero attached hydrogens (tertiary/aromatic N) is 5. The Bertz CT molecular complexity index is 1240. The minimum Gasteiger partial charge on any atom is -0.347 e. The Morgan fingerprint density at radius 1 is 0.900 bits per heavy atom. The minimum absolute atomic E-state index is 0.439. The quantitative estimate of drug-likeness (QED) is 0.488. The maximum absolute atomic E-state index is 6.51. The van der Waals surface area contributed by atoms with Gasteiger partial charge in [-0.15, -0.1) is 10.2 Å². The van der Waals surface area contributed by atoms with Crippen molar-refractivity contribution in [3.8, 4) is 11.4 Å². The molecule has 0 aliphatic carbocycles. The minimum atomic E-state index is -0.439. The molecule has 2 saturated heterocycles. The van der Waals surface area contributed by atoms with Crippen LogP contribution in [0.2, 0.25) is 5.02 Å². The lowest BCUT2D eigenvalue weighted by Gasteiger charge is -2.38. The molecule has 2 aliphatic heterocycles. The maximum atomic E-state index is 6.51. The molecule has 0 atom stereocenters. The number of anilines is 1. The van der Waals surface area contributed by atoms with Crippen LogP contribution >= 0.6 is 11.6 Å². The highest BCUT2D eigenvalue weighted by Crippen LogP contribution is 2.36. The fourth-order valence-corrected chi connectivity index (χ4v) is 4.65. The number of halogens is 1. The number of piperidine rings is 1. The molecule has 0 N–H and O–H groups in total. The van der Waals surface area contributed by atoms with Crippen molar-refractivity contribution in [1.82, 2.24) is 19.6 Å². The van der Waals surface area contributed by atoms with E-state index in [-0.39, 0.29) is 0 Å². The van der Waals surface area contributed by atoms with Crippen LogP contribution in [-0.4, -0.2) is 51.7 Å². The lowest BCUT2D eigenvalue weighted by molar-refractivity contribution is -0.169. The number of aromatic nitrogens is 4. The zero-order valence-corrected chi connectivity index (χ0v) is 17.0. The van der Waals surface area contributed by atoms with Crippen LogP contribution in [0.3, 0.4) is 0 Å². The van der Waals surface area contributed by atoms with E-state index >= 15 is 0 Å². The van der Waals surface area contributed by atoms with E-state index in [1.165, 1.54) is 0 Å². The van der Waals surface area contributed by atoms with E-state index in [0.717, 1.165) is 54.0 Å².